The third-order valence-electron chi connectivity index (χ3n) is 3.39. The van der Waals surface area contributed by atoms with E-state index >= 15 is 0 Å². The van der Waals surface area contributed by atoms with Crippen molar-refractivity contribution in [2.24, 2.45) is 0 Å². The number of benzene rings is 1. The Morgan fingerprint density at radius 1 is 1.29 bits per heavy atom. The molecular formula is C15H12FN3O2. The second-order valence-corrected chi connectivity index (χ2v) is 4.64. The molecule has 6 heteroatoms. The van der Waals surface area contributed by atoms with Crippen molar-refractivity contribution in [2.75, 3.05) is 0 Å². The highest BCUT2D eigenvalue weighted by Gasteiger charge is 2.14. The minimum Gasteiger partial charge on any atom is -0.326 e. The lowest BCUT2D eigenvalue weighted by Crippen LogP contribution is -1.98. The minimum atomic E-state index is -0.465. The van der Waals surface area contributed by atoms with Crippen molar-refractivity contribution in [3.05, 3.63) is 58.5 Å². The van der Waals surface area contributed by atoms with Crippen LogP contribution in [0.1, 0.15) is 6.92 Å². The fraction of sp³-hybridized carbons (Fsp3) is 0.133. The molecule has 0 aliphatic carbocycles. The smallest absolute Gasteiger partial charge is 0.288 e. The molecule has 0 aliphatic heterocycles. The van der Waals surface area contributed by atoms with Crippen LogP contribution in [0.2, 0.25) is 0 Å². The van der Waals surface area contributed by atoms with Crippen LogP contribution in [0.15, 0.2) is 42.6 Å². The number of nitrogens with zero attached hydrogens (tertiary/aromatic N) is 3. The van der Waals surface area contributed by atoms with Crippen LogP contribution in [0.5, 0.6) is 0 Å². The van der Waals surface area contributed by atoms with Gasteiger partial charge >= 0.3 is 0 Å². The molecule has 0 atom stereocenters. The standard InChI is InChI=1S/C15H12FN3O2/c1-2-18-14(10-3-5-12(16)6-4-10)8-11-7-13(19(20)21)9-17-15(11)18/h3-9H,2H2,1H3. The third-order valence-corrected chi connectivity index (χ3v) is 3.39. The van der Waals surface area contributed by atoms with E-state index in [1.54, 1.807) is 12.1 Å². The third kappa shape index (κ3) is 2.24. The van der Waals surface area contributed by atoms with Crippen LogP contribution < -0.4 is 0 Å². The zero-order valence-corrected chi connectivity index (χ0v) is 11.3. The maximum Gasteiger partial charge on any atom is 0.288 e. The summed E-state index contributed by atoms with van der Waals surface area (Å²) < 4.78 is 15.0. The van der Waals surface area contributed by atoms with E-state index in [-0.39, 0.29) is 11.5 Å². The molecule has 0 saturated carbocycles. The van der Waals surface area contributed by atoms with E-state index in [0.29, 0.717) is 17.6 Å². The van der Waals surface area contributed by atoms with E-state index in [0.717, 1.165) is 11.3 Å². The first-order valence-electron chi connectivity index (χ1n) is 6.49. The van der Waals surface area contributed by atoms with Crippen molar-refractivity contribution in [2.45, 2.75) is 13.5 Å². The summed E-state index contributed by atoms with van der Waals surface area (Å²) in [6.45, 7) is 2.64. The Morgan fingerprint density at radius 3 is 2.62 bits per heavy atom. The molecule has 1 aromatic carbocycles. The average molecular weight is 285 g/mol. The maximum atomic E-state index is 13.0. The number of rotatable bonds is 3. The summed E-state index contributed by atoms with van der Waals surface area (Å²) >= 11 is 0. The van der Waals surface area contributed by atoms with Crippen molar-refractivity contribution in [1.29, 1.82) is 0 Å². The van der Waals surface area contributed by atoms with Crippen LogP contribution in [0.4, 0.5) is 10.1 Å². The van der Waals surface area contributed by atoms with Crippen molar-refractivity contribution >= 4 is 16.7 Å². The van der Waals surface area contributed by atoms with Gasteiger partial charge in [-0.2, -0.15) is 0 Å². The van der Waals surface area contributed by atoms with Gasteiger partial charge < -0.3 is 4.57 Å². The van der Waals surface area contributed by atoms with Crippen LogP contribution in [0.25, 0.3) is 22.3 Å². The summed E-state index contributed by atoms with van der Waals surface area (Å²) in [6.07, 6.45) is 1.25. The number of halogens is 1. The number of nitro groups is 1. The van der Waals surface area contributed by atoms with Crippen LogP contribution in [0, 0.1) is 15.9 Å². The van der Waals surface area contributed by atoms with E-state index in [1.807, 2.05) is 17.6 Å². The molecule has 3 aromatic rings. The number of aryl methyl sites for hydroxylation is 1. The fourth-order valence-corrected chi connectivity index (χ4v) is 2.41. The Balaban J connectivity index is 2.22. The lowest BCUT2D eigenvalue weighted by molar-refractivity contribution is -0.385. The molecule has 2 aromatic heterocycles. The Labute approximate surface area is 119 Å². The summed E-state index contributed by atoms with van der Waals surface area (Å²) in [5, 5.41) is 11.5. The van der Waals surface area contributed by atoms with Crippen LogP contribution in [-0.4, -0.2) is 14.5 Å². The molecule has 5 nitrogen and oxygen atoms in total. The number of hydrogen-bond acceptors (Lipinski definition) is 3. The molecule has 0 saturated heterocycles. The predicted molar refractivity (Wildman–Crippen MR) is 77.5 cm³/mol. The van der Waals surface area contributed by atoms with Crippen LogP contribution >= 0.6 is 0 Å². The maximum absolute atomic E-state index is 13.0. The van der Waals surface area contributed by atoms with E-state index in [4.69, 9.17) is 0 Å². The van der Waals surface area contributed by atoms with Gasteiger partial charge in [0, 0.05) is 18.0 Å². The molecule has 0 N–H and O–H groups in total. The van der Waals surface area contributed by atoms with Crippen LogP contribution in [0.3, 0.4) is 0 Å². The van der Waals surface area contributed by atoms with E-state index in [2.05, 4.69) is 4.98 Å². The molecule has 106 valence electrons. The van der Waals surface area contributed by atoms with Crippen molar-refractivity contribution in [3.63, 3.8) is 0 Å². The second-order valence-electron chi connectivity index (χ2n) is 4.64. The van der Waals surface area contributed by atoms with Crippen molar-refractivity contribution in [3.8, 4) is 11.3 Å². The molecular weight excluding hydrogens is 273 g/mol. The Hall–Kier alpha value is -2.76. The first-order valence-corrected chi connectivity index (χ1v) is 6.49. The average Bonchev–Trinajstić information content (AvgIpc) is 2.85. The Kier molecular flexibility index (Phi) is 3.13. The van der Waals surface area contributed by atoms with E-state index < -0.39 is 4.92 Å². The summed E-state index contributed by atoms with van der Waals surface area (Å²) in [4.78, 5) is 14.5. The van der Waals surface area contributed by atoms with E-state index in [9.17, 15) is 14.5 Å². The Morgan fingerprint density at radius 2 is 2.00 bits per heavy atom. The zero-order valence-electron chi connectivity index (χ0n) is 11.3. The first kappa shape index (κ1) is 13.2. The zero-order chi connectivity index (χ0) is 15.0. The second kappa shape index (κ2) is 4.97. The number of hydrogen-bond donors (Lipinski definition) is 0. The van der Waals surface area contributed by atoms with Crippen molar-refractivity contribution < 1.29 is 9.31 Å². The molecule has 0 unspecified atom stereocenters. The van der Waals surface area contributed by atoms with Crippen LogP contribution in [-0.2, 0) is 6.54 Å². The summed E-state index contributed by atoms with van der Waals surface area (Å²) in [6, 6.07) is 9.49. The van der Waals surface area contributed by atoms with Gasteiger partial charge in [-0.05, 0) is 42.8 Å². The van der Waals surface area contributed by atoms with Gasteiger partial charge in [0.05, 0.1) is 10.6 Å². The molecule has 3 rings (SSSR count). The highest BCUT2D eigenvalue weighted by atomic mass is 19.1. The molecule has 0 spiro atoms. The van der Waals surface area contributed by atoms with Gasteiger partial charge in [-0.25, -0.2) is 9.37 Å². The number of aromatic nitrogens is 2. The van der Waals surface area contributed by atoms with Gasteiger partial charge in [0.1, 0.15) is 17.7 Å². The normalized spacial score (nSPS) is 11.0. The van der Waals surface area contributed by atoms with E-state index in [1.165, 1.54) is 24.4 Å². The Bertz CT molecular complexity index is 825. The first-order chi connectivity index (χ1) is 10.1. The lowest BCUT2D eigenvalue weighted by atomic mass is 10.1. The number of pyridine rings is 1. The minimum absolute atomic E-state index is 0.0404. The van der Waals surface area contributed by atoms with Gasteiger partial charge in [0.2, 0.25) is 0 Å². The molecule has 0 aliphatic rings. The fourth-order valence-electron chi connectivity index (χ4n) is 2.41. The molecule has 2 heterocycles. The topological polar surface area (TPSA) is 61.0 Å². The largest absolute Gasteiger partial charge is 0.326 e. The highest BCUT2D eigenvalue weighted by Crippen LogP contribution is 2.29. The van der Waals surface area contributed by atoms with Gasteiger partial charge in [0.15, 0.2) is 0 Å². The molecule has 0 radical (unpaired) electrons. The molecule has 0 bridgehead atoms. The molecule has 21 heavy (non-hydrogen) atoms. The summed E-state index contributed by atoms with van der Waals surface area (Å²) in [5.74, 6) is -0.299. The highest BCUT2D eigenvalue weighted by molar-refractivity contribution is 5.85. The lowest BCUT2D eigenvalue weighted by Gasteiger charge is -2.07. The predicted octanol–water partition coefficient (Wildman–Crippen LogP) is 3.77. The summed E-state index contributed by atoms with van der Waals surface area (Å²) in [7, 11) is 0. The molecule has 0 amide bonds. The van der Waals surface area contributed by atoms with Crippen molar-refractivity contribution in [1.82, 2.24) is 9.55 Å². The molecule has 0 fully saturated rings. The quantitative estimate of drug-likeness (QED) is 0.543. The van der Waals surface area contributed by atoms with Gasteiger partial charge in [-0.1, -0.05) is 0 Å². The summed E-state index contributed by atoms with van der Waals surface area (Å²) in [5.41, 5.74) is 2.35. The SMILES string of the molecule is CCn1c(-c2ccc(F)cc2)cc2cc([N+](=O)[O-])cnc21. The monoisotopic (exact) mass is 285 g/mol. The van der Waals surface area contributed by atoms with Gasteiger partial charge in [0.25, 0.3) is 5.69 Å². The van der Waals surface area contributed by atoms with Gasteiger partial charge in [-0.15, -0.1) is 0 Å². The van der Waals surface area contributed by atoms with Gasteiger partial charge in [-0.3, -0.25) is 10.1 Å². The number of fused-ring (bicyclic) bond motifs is 1.